The normalized spacial score (nSPS) is 12.0. The van der Waals surface area contributed by atoms with Gasteiger partial charge in [0, 0.05) is 0 Å². The Morgan fingerprint density at radius 2 is 1.70 bits per heavy atom. The van der Waals surface area contributed by atoms with E-state index in [0.717, 1.165) is 23.9 Å². The molecule has 4 rings (SSSR count). The van der Waals surface area contributed by atoms with Gasteiger partial charge in [-0.2, -0.15) is 0 Å². The van der Waals surface area contributed by atoms with Crippen LogP contribution in [0.5, 0.6) is 0 Å². The van der Waals surface area contributed by atoms with Gasteiger partial charge < -0.3 is 5.32 Å². The molecule has 0 aliphatic carbocycles. The Bertz CT molecular complexity index is 1420. The van der Waals surface area contributed by atoms with Crippen LogP contribution < -0.4 is 10.9 Å². The molecule has 1 atom stereocenters. The number of amides is 1. The Labute approximate surface area is 191 Å². The molecule has 0 aliphatic heterocycles. The summed E-state index contributed by atoms with van der Waals surface area (Å²) in [6.07, 6.45) is 0. The third-order valence-corrected chi connectivity index (χ3v) is 6.07. The maximum atomic E-state index is 14.3. The Hall–Kier alpha value is -3.59. The molecule has 0 aliphatic rings. The first-order valence-corrected chi connectivity index (χ1v) is 10.8. The summed E-state index contributed by atoms with van der Waals surface area (Å²) in [4.78, 5) is 30.4. The van der Waals surface area contributed by atoms with Gasteiger partial charge in [-0.1, -0.05) is 36.0 Å². The molecule has 0 saturated carbocycles. The molecule has 1 aromatic heterocycles. The van der Waals surface area contributed by atoms with Crippen LogP contribution in [0.4, 0.5) is 18.9 Å². The van der Waals surface area contributed by atoms with Gasteiger partial charge in [0.25, 0.3) is 5.56 Å². The molecule has 5 nitrogen and oxygen atoms in total. The zero-order valence-electron chi connectivity index (χ0n) is 17.6. The van der Waals surface area contributed by atoms with E-state index in [9.17, 15) is 22.8 Å². The first-order chi connectivity index (χ1) is 15.8. The van der Waals surface area contributed by atoms with Crippen LogP contribution in [-0.2, 0) is 4.79 Å². The highest BCUT2D eigenvalue weighted by Crippen LogP contribution is 2.27. The molecule has 0 fully saturated rings. The van der Waals surface area contributed by atoms with Crippen molar-refractivity contribution < 1.29 is 18.0 Å². The summed E-state index contributed by atoms with van der Waals surface area (Å²) in [6.45, 7) is 3.12. The van der Waals surface area contributed by atoms with Crippen molar-refractivity contribution in [2.24, 2.45) is 0 Å². The van der Waals surface area contributed by atoms with Crippen LogP contribution in [0.1, 0.15) is 12.5 Å². The van der Waals surface area contributed by atoms with Crippen molar-refractivity contribution in [1.82, 2.24) is 9.55 Å². The molecule has 1 N–H and O–H groups in total. The monoisotopic (exact) mass is 469 g/mol. The minimum atomic E-state index is -0.906. The number of carbonyl (C=O) groups excluding carboxylic acids is 1. The van der Waals surface area contributed by atoms with Crippen LogP contribution in [0.3, 0.4) is 0 Å². The van der Waals surface area contributed by atoms with Crippen LogP contribution in [0.25, 0.3) is 16.6 Å². The Morgan fingerprint density at radius 1 is 1.00 bits per heavy atom. The highest BCUT2D eigenvalue weighted by Gasteiger charge is 2.22. The Kier molecular flexibility index (Phi) is 6.24. The molecule has 3 aromatic carbocycles. The number of hydrogen-bond acceptors (Lipinski definition) is 4. The number of thioether (sulfide) groups is 1. The fourth-order valence-corrected chi connectivity index (χ4v) is 4.12. The highest BCUT2D eigenvalue weighted by atomic mass is 32.2. The maximum absolute atomic E-state index is 14.3. The standard InChI is InChI=1S/C24H18F3N3O2S/c1-13-10-11-15(12-19(13)27)30-23(32)16-6-3-4-9-20(16)28-24(30)33-14(2)22(31)29-21-17(25)7-5-8-18(21)26/h3-12,14H,1-2H3,(H,29,31). The second kappa shape index (κ2) is 9.11. The van der Waals surface area contributed by atoms with Gasteiger partial charge in [-0.25, -0.2) is 18.2 Å². The van der Waals surface area contributed by atoms with Crippen molar-refractivity contribution in [3.63, 3.8) is 0 Å². The zero-order valence-corrected chi connectivity index (χ0v) is 18.4. The van der Waals surface area contributed by atoms with E-state index < -0.39 is 39.9 Å². The van der Waals surface area contributed by atoms with Crippen LogP contribution >= 0.6 is 11.8 Å². The van der Waals surface area contributed by atoms with Gasteiger partial charge >= 0.3 is 0 Å². The smallest absolute Gasteiger partial charge is 0.266 e. The SMILES string of the molecule is Cc1ccc(-n2c(SC(C)C(=O)Nc3c(F)cccc3F)nc3ccccc3c2=O)cc1F. The van der Waals surface area contributed by atoms with E-state index in [4.69, 9.17) is 0 Å². The average Bonchev–Trinajstić information content (AvgIpc) is 2.78. The molecule has 1 amide bonds. The molecular formula is C24H18F3N3O2S. The van der Waals surface area contributed by atoms with E-state index in [2.05, 4.69) is 10.3 Å². The van der Waals surface area contributed by atoms with Gasteiger partial charge in [-0.05, 0) is 55.8 Å². The lowest BCUT2D eigenvalue weighted by Crippen LogP contribution is -2.27. The number of nitrogens with zero attached hydrogens (tertiary/aromatic N) is 2. The van der Waals surface area contributed by atoms with E-state index in [-0.39, 0.29) is 10.8 Å². The summed E-state index contributed by atoms with van der Waals surface area (Å²) in [5.74, 6) is -3.00. The fourth-order valence-electron chi connectivity index (χ4n) is 3.19. The molecule has 168 valence electrons. The van der Waals surface area contributed by atoms with Crippen molar-refractivity contribution in [2.45, 2.75) is 24.3 Å². The lowest BCUT2D eigenvalue weighted by Gasteiger charge is -2.17. The molecule has 1 heterocycles. The Morgan fingerprint density at radius 3 is 2.39 bits per heavy atom. The first kappa shape index (κ1) is 22.6. The number of carbonyl (C=O) groups is 1. The number of benzene rings is 3. The second-order valence-corrected chi connectivity index (χ2v) is 8.64. The third kappa shape index (κ3) is 4.49. The van der Waals surface area contributed by atoms with Crippen LogP contribution in [-0.4, -0.2) is 20.7 Å². The minimum absolute atomic E-state index is 0.138. The number of aryl methyl sites for hydroxylation is 1. The number of nitrogens with one attached hydrogen (secondary N) is 1. The van der Waals surface area contributed by atoms with Crippen molar-refractivity contribution in [3.05, 3.63) is 94.0 Å². The predicted molar refractivity (Wildman–Crippen MR) is 122 cm³/mol. The van der Waals surface area contributed by atoms with Crippen LogP contribution in [0.2, 0.25) is 0 Å². The maximum Gasteiger partial charge on any atom is 0.266 e. The Balaban J connectivity index is 1.75. The molecule has 4 aromatic rings. The van der Waals surface area contributed by atoms with E-state index in [0.29, 0.717) is 16.5 Å². The van der Waals surface area contributed by atoms with E-state index in [1.165, 1.54) is 29.7 Å². The number of aromatic nitrogens is 2. The summed E-state index contributed by atoms with van der Waals surface area (Å²) in [5.41, 5.74) is 0.0751. The molecule has 0 saturated heterocycles. The summed E-state index contributed by atoms with van der Waals surface area (Å²) in [7, 11) is 0. The number of halogens is 3. The molecule has 33 heavy (non-hydrogen) atoms. The van der Waals surface area contributed by atoms with E-state index >= 15 is 0 Å². The van der Waals surface area contributed by atoms with Crippen molar-refractivity contribution in [1.29, 1.82) is 0 Å². The molecule has 9 heteroatoms. The van der Waals surface area contributed by atoms with Gasteiger partial charge in [0.15, 0.2) is 5.16 Å². The van der Waals surface area contributed by atoms with Gasteiger partial charge in [0.2, 0.25) is 5.91 Å². The van der Waals surface area contributed by atoms with Gasteiger partial charge in [-0.15, -0.1) is 0 Å². The van der Waals surface area contributed by atoms with Gasteiger partial charge in [0.05, 0.1) is 21.8 Å². The number of anilines is 1. The number of hydrogen-bond donors (Lipinski definition) is 1. The van der Waals surface area contributed by atoms with Gasteiger partial charge in [-0.3, -0.25) is 14.2 Å². The number of rotatable bonds is 5. The summed E-state index contributed by atoms with van der Waals surface area (Å²) < 4.78 is 43.4. The quantitative estimate of drug-likeness (QED) is 0.321. The summed E-state index contributed by atoms with van der Waals surface area (Å²) >= 11 is 0.916. The van der Waals surface area contributed by atoms with Crippen LogP contribution in [0, 0.1) is 24.4 Å². The molecule has 0 bridgehead atoms. The highest BCUT2D eigenvalue weighted by molar-refractivity contribution is 8.00. The van der Waals surface area contributed by atoms with E-state index in [1.54, 1.807) is 37.3 Å². The average molecular weight is 469 g/mol. The fraction of sp³-hybridized carbons (Fsp3) is 0.125. The van der Waals surface area contributed by atoms with Crippen molar-refractivity contribution in [2.75, 3.05) is 5.32 Å². The number of para-hydroxylation sites is 2. The first-order valence-electron chi connectivity index (χ1n) is 9.96. The lowest BCUT2D eigenvalue weighted by molar-refractivity contribution is -0.115. The molecule has 0 radical (unpaired) electrons. The lowest BCUT2D eigenvalue weighted by atomic mass is 10.2. The van der Waals surface area contributed by atoms with Crippen molar-refractivity contribution in [3.8, 4) is 5.69 Å². The summed E-state index contributed by atoms with van der Waals surface area (Å²) in [6, 6.07) is 14.3. The number of fused-ring (bicyclic) bond motifs is 1. The zero-order chi connectivity index (χ0) is 23.7. The molecule has 0 spiro atoms. The topological polar surface area (TPSA) is 64.0 Å². The summed E-state index contributed by atoms with van der Waals surface area (Å²) in [5, 5.41) is 1.82. The second-order valence-electron chi connectivity index (χ2n) is 7.33. The van der Waals surface area contributed by atoms with Gasteiger partial charge in [0.1, 0.15) is 23.1 Å². The molecule has 1 unspecified atom stereocenters. The van der Waals surface area contributed by atoms with Crippen molar-refractivity contribution >= 4 is 34.3 Å². The largest absolute Gasteiger partial charge is 0.320 e. The minimum Gasteiger partial charge on any atom is -0.320 e. The predicted octanol–water partition coefficient (Wildman–Crippen LogP) is 5.23. The van der Waals surface area contributed by atoms with Crippen LogP contribution in [0.15, 0.2) is 70.6 Å². The van der Waals surface area contributed by atoms with E-state index in [1.807, 2.05) is 0 Å². The molecular weight excluding hydrogens is 451 g/mol. The third-order valence-electron chi connectivity index (χ3n) is 5.02.